The van der Waals surface area contributed by atoms with Crippen LogP contribution in [0.25, 0.3) is 10.8 Å². The fourth-order valence-corrected chi connectivity index (χ4v) is 2.02. The summed E-state index contributed by atoms with van der Waals surface area (Å²) in [5.41, 5.74) is 0.0101. The van der Waals surface area contributed by atoms with Crippen LogP contribution in [0.1, 0.15) is 10.4 Å². The number of carboxylic acids is 1. The zero-order valence-corrected chi connectivity index (χ0v) is 9.38. The van der Waals surface area contributed by atoms with E-state index in [2.05, 4.69) is 0 Å². The van der Waals surface area contributed by atoms with Crippen LogP contribution in [-0.2, 0) is 0 Å². The van der Waals surface area contributed by atoms with E-state index < -0.39 is 5.97 Å². The lowest BCUT2D eigenvalue weighted by molar-refractivity contribution is 0.0697. The summed E-state index contributed by atoms with van der Waals surface area (Å²) in [7, 11) is 0. The second kappa shape index (κ2) is 3.85. The van der Waals surface area contributed by atoms with Crippen molar-refractivity contribution in [1.29, 1.82) is 0 Å². The van der Waals surface area contributed by atoms with Crippen LogP contribution in [0.3, 0.4) is 0 Å². The van der Waals surface area contributed by atoms with Crippen LogP contribution < -0.4 is 0 Å². The molecule has 0 spiro atoms. The first-order chi connectivity index (χ1) is 7.52. The average molecular weight is 257 g/mol. The van der Waals surface area contributed by atoms with Gasteiger partial charge in [0.05, 0.1) is 15.6 Å². The molecule has 82 valence electrons. The lowest BCUT2D eigenvalue weighted by Gasteiger charge is -2.06. The number of carbonyl (C=O) groups is 1. The second-order valence-electron chi connectivity index (χ2n) is 3.23. The summed E-state index contributed by atoms with van der Waals surface area (Å²) in [6, 6.07) is 5.79. The lowest BCUT2D eigenvalue weighted by Crippen LogP contribution is -1.97. The Kier molecular flexibility index (Phi) is 2.66. The molecule has 0 aliphatic rings. The monoisotopic (exact) mass is 256 g/mol. The highest BCUT2D eigenvalue weighted by Crippen LogP contribution is 2.36. The van der Waals surface area contributed by atoms with E-state index in [-0.39, 0.29) is 21.4 Å². The van der Waals surface area contributed by atoms with Crippen LogP contribution in [0.5, 0.6) is 5.75 Å². The molecule has 2 N–H and O–H groups in total. The van der Waals surface area contributed by atoms with Crippen molar-refractivity contribution in [3.63, 3.8) is 0 Å². The Morgan fingerprint density at radius 2 is 1.56 bits per heavy atom. The maximum atomic E-state index is 10.9. The number of benzene rings is 2. The summed E-state index contributed by atoms with van der Waals surface area (Å²) in [4.78, 5) is 10.9. The number of hydrogen-bond donors (Lipinski definition) is 2. The molecule has 0 fully saturated rings. The van der Waals surface area contributed by atoms with Gasteiger partial charge in [0.15, 0.2) is 0 Å². The van der Waals surface area contributed by atoms with Gasteiger partial charge in [0.25, 0.3) is 0 Å². The maximum Gasteiger partial charge on any atom is 0.337 e. The molecule has 0 aromatic heterocycles. The van der Waals surface area contributed by atoms with E-state index in [0.717, 1.165) is 0 Å². The molecule has 0 saturated carbocycles. The molecular weight excluding hydrogens is 251 g/mol. The Balaban J connectivity index is 2.87. The largest absolute Gasteiger partial charge is 0.506 e. The number of phenols is 1. The van der Waals surface area contributed by atoms with E-state index in [4.69, 9.17) is 28.3 Å². The van der Waals surface area contributed by atoms with Crippen molar-refractivity contribution in [2.24, 2.45) is 0 Å². The van der Waals surface area contributed by atoms with Gasteiger partial charge in [0, 0.05) is 10.8 Å². The van der Waals surface area contributed by atoms with Gasteiger partial charge in [-0.1, -0.05) is 29.3 Å². The van der Waals surface area contributed by atoms with Crippen molar-refractivity contribution in [3.05, 3.63) is 39.9 Å². The Hall–Kier alpha value is -1.45. The molecule has 0 amide bonds. The molecule has 0 bridgehead atoms. The van der Waals surface area contributed by atoms with Gasteiger partial charge in [-0.15, -0.1) is 0 Å². The Morgan fingerprint density at radius 3 is 2.19 bits per heavy atom. The number of aromatic hydroxyl groups is 1. The Labute approximate surface area is 101 Å². The van der Waals surface area contributed by atoms with Crippen LogP contribution in [0.2, 0.25) is 10.0 Å². The third kappa shape index (κ3) is 1.58. The summed E-state index contributed by atoms with van der Waals surface area (Å²) < 4.78 is 0. The fourth-order valence-electron chi connectivity index (χ4n) is 1.49. The lowest BCUT2D eigenvalue weighted by atomic mass is 10.1. The molecule has 0 radical (unpaired) electrons. The highest BCUT2D eigenvalue weighted by molar-refractivity contribution is 6.42. The molecular formula is C11H6Cl2O3. The minimum Gasteiger partial charge on any atom is -0.506 e. The molecule has 0 unspecified atom stereocenters. The third-order valence-electron chi connectivity index (χ3n) is 2.28. The molecule has 2 rings (SSSR count). The van der Waals surface area contributed by atoms with E-state index in [1.165, 1.54) is 24.3 Å². The number of carboxylic acid groups (broad SMARTS) is 1. The van der Waals surface area contributed by atoms with E-state index in [0.29, 0.717) is 10.8 Å². The van der Waals surface area contributed by atoms with Crippen molar-refractivity contribution in [2.45, 2.75) is 0 Å². The van der Waals surface area contributed by atoms with Crippen LogP contribution >= 0.6 is 23.2 Å². The standard InChI is InChI=1S/C11H6Cl2O3/c12-9-5-3-4-8(14)10(13)6(5)1-2-7(9)11(15)16/h1-4,14H,(H,15,16). The first-order valence-corrected chi connectivity index (χ1v) is 5.11. The smallest absolute Gasteiger partial charge is 0.337 e. The maximum absolute atomic E-state index is 10.9. The van der Waals surface area contributed by atoms with E-state index in [1.54, 1.807) is 0 Å². The van der Waals surface area contributed by atoms with Gasteiger partial charge in [-0.3, -0.25) is 0 Å². The minimum absolute atomic E-state index is 0.0101. The number of halogens is 2. The molecule has 0 heterocycles. The van der Waals surface area contributed by atoms with Crippen LogP contribution in [0.15, 0.2) is 24.3 Å². The van der Waals surface area contributed by atoms with Gasteiger partial charge < -0.3 is 10.2 Å². The highest BCUT2D eigenvalue weighted by atomic mass is 35.5. The van der Waals surface area contributed by atoms with Crippen molar-refractivity contribution < 1.29 is 15.0 Å². The molecule has 3 nitrogen and oxygen atoms in total. The van der Waals surface area contributed by atoms with Crippen LogP contribution in [0, 0.1) is 0 Å². The van der Waals surface area contributed by atoms with Gasteiger partial charge in [-0.2, -0.15) is 0 Å². The molecule has 2 aromatic rings. The van der Waals surface area contributed by atoms with Crippen molar-refractivity contribution in [3.8, 4) is 5.75 Å². The summed E-state index contributed by atoms with van der Waals surface area (Å²) in [6.45, 7) is 0. The minimum atomic E-state index is -1.10. The Bertz CT molecular complexity index is 593. The molecule has 2 aromatic carbocycles. The normalized spacial score (nSPS) is 10.6. The topological polar surface area (TPSA) is 57.5 Å². The van der Waals surface area contributed by atoms with Gasteiger partial charge in [-0.05, 0) is 18.2 Å². The first-order valence-electron chi connectivity index (χ1n) is 4.35. The summed E-state index contributed by atoms with van der Waals surface area (Å²) in [5, 5.41) is 19.6. The zero-order chi connectivity index (χ0) is 11.9. The second-order valence-corrected chi connectivity index (χ2v) is 3.98. The predicted molar refractivity (Wildman–Crippen MR) is 62.6 cm³/mol. The van der Waals surface area contributed by atoms with E-state index in [1.807, 2.05) is 0 Å². The first kappa shape index (κ1) is 11.0. The van der Waals surface area contributed by atoms with Gasteiger partial charge in [0.1, 0.15) is 5.75 Å². The van der Waals surface area contributed by atoms with Crippen molar-refractivity contribution >= 4 is 39.9 Å². The van der Waals surface area contributed by atoms with E-state index in [9.17, 15) is 9.90 Å². The van der Waals surface area contributed by atoms with Crippen LogP contribution in [-0.4, -0.2) is 16.2 Å². The quantitative estimate of drug-likeness (QED) is 0.821. The molecule has 0 atom stereocenters. The molecule has 0 aliphatic carbocycles. The predicted octanol–water partition coefficient (Wildman–Crippen LogP) is 3.55. The summed E-state index contributed by atoms with van der Waals surface area (Å²) in [5.74, 6) is -1.16. The molecule has 0 saturated heterocycles. The van der Waals surface area contributed by atoms with Crippen molar-refractivity contribution in [2.75, 3.05) is 0 Å². The number of aromatic carboxylic acids is 1. The van der Waals surface area contributed by atoms with Gasteiger partial charge in [-0.25, -0.2) is 4.79 Å². The Morgan fingerprint density at radius 1 is 1.00 bits per heavy atom. The summed E-state index contributed by atoms with van der Waals surface area (Å²) >= 11 is 11.8. The summed E-state index contributed by atoms with van der Waals surface area (Å²) in [6.07, 6.45) is 0. The average Bonchev–Trinajstić information content (AvgIpc) is 2.23. The fraction of sp³-hybridized carbons (Fsp3) is 0. The molecule has 5 heteroatoms. The number of hydrogen-bond acceptors (Lipinski definition) is 2. The van der Waals surface area contributed by atoms with Crippen molar-refractivity contribution in [1.82, 2.24) is 0 Å². The van der Waals surface area contributed by atoms with Crippen LogP contribution in [0.4, 0.5) is 0 Å². The number of phenolic OH excluding ortho intramolecular Hbond substituents is 1. The number of rotatable bonds is 1. The van der Waals surface area contributed by atoms with Gasteiger partial charge in [0.2, 0.25) is 0 Å². The van der Waals surface area contributed by atoms with Gasteiger partial charge >= 0.3 is 5.97 Å². The highest BCUT2D eigenvalue weighted by Gasteiger charge is 2.14. The molecule has 16 heavy (non-hydrogen) atoms. The SMILES string of the molecule is O=C(O)c1ccc2c(Cl)c(O)ccc2c1Cl. The zero-order valence-electron chi connectivity index (χ0n) is 7.87. The molecule has 0 aliphatic heterocycles. The van der Waals surface area contributed by atoms with E-state index >= 15 is 0 Å². The third-order valence-corrected chi connectivity index (χ3v) is 3.08. The number of fused-ring (bicyclic) bond motifs is 1.